The average molecular weight is 482 g/mol. The number of carbonyl (C=O) groups excluding carboxylic acids is 2. The number of anilines is 2. The van der Waals surface area contributed by atoms with Gasteiger partial charge in [0.15, 0.2) is 11.6 Å². The number of urea groups is 1. The molecule has 166 valence electrons. The van der Waals surface area contributed by atoms with Crippen LogP contribution in [0, 0.1) is 17.5 Å². The lowest BCUT2D eigenvalue weighted by Gasteiger charge is -2.23. The lowest BCUT2D eigenvalue weighted by molar-refractivity contribution is 0.102. The number of nitrogens with zero attached hydrogens (tertiary/aromatic N) is 3. The molecule has 4 rings (SSSR count). The predicted molar refractivity (Wildman–Crippen MR) is 113 cm³/mol. The molecule has 0 unspecified atom stereocenters. The summed E-state index contributed by atoms with van der Waals surface area (Å²) in [7, 11) is 0. The van der Waals surface area contributed by atoms with E-state index in [1.54, 1.807) is 4.90 Å². The van der Waals surface area contributed by atoms with Gasteiger partial charge in [-0.3, -0.25) is 4.79 Å². The number of hydrogen-bond acceptors (Lipinski definition) is 5. The van der Waals surface area contributed by atoms with Crippen molar-refractivity contribution in [3.63, 3.8) is 0 Å². The molecule has 1 aromatic heterocycles. The summed E-state index contributed by atoms with van der Waals surface area (Å²) in [4.78, 5) is 26.7. The fraction of sp³-hybridized carbons (Fsp3) is 0.200. The highest BCUT2D eigenvalue weighted by molar-refractivity contribution is 7.13. The number of amides is 3. The number of benzene rings is 2. The molecule has 0 saturated carbocycles. The second-order valence-corrected chi connectivity index (χ2v) is 8.36. The van der Waals surface area contributed by atoms with E-state index in [1.807, 2.05) is 0 Å². The number of hydrogen-bond donors (Lipinski definition) is 2. The Balaban J connectivity index is 1.45. The third-order valence-corrected chi connectivity index (χ3v) is 6.09. The number of halogens is 4. The predicted octanol–water partition coefficient (Wildman–Crippen LogP) is 5.23. The monoisotopic (exact) mass is 481 g/mol. The Morgan fingerprint density at radius 2 is 1.72 bits per heavy atom. The van der Waals surface area contributed by atoms with Gasteiger partial charge in [-0.15, -0.1) is 10.2 Å². The van der Waals surface area contributed by atoms with Crippen LogP contribution in [-0.2, 0) is 0 Å². The average Bonchev–Trinajstić information content (AvgIpc) is 3.43. The van der Waals surface area contributed by atoms with E-state index in [9.17, 15) is 22.8 Å². The van der Waals surface area contributed by atoms with Crippen molar-refractivity contribution in [1.29, 1.82) is 0 Å². The van der Waals surface area contributed by atoms with Crippen molar-refractivity contribution in [2.24, 2.45) is 0 Å². The van der Waals surface area contributed by atoms with Gasteiger partial charge < -0.3 is 15.5 Å². The third-order valence-electron chi connectivity index (χ3n) is 4.78. The van der Waals surface area contributed by atoms with Gasteiger partial charge in [0.1, 0.15) is 10.8 Å². The molecular weight excluding hydrogens is 467 g/mol. The summed E-state index contributed by atoms with van der Waals surface area (Å²) < 4.78 is 39.7. The Hall–Kier alpha value is -3.18. The Labute approximate surface area is 189 Å². The van der Waals surface area contributed by atoms with Crippen molar-refractivity contribution >= 4 is 46.3 Å². The summed E-state index contributed by atoms with van der Waals surface area (Å²) >= 11 is 6.76. The maximum absolute atomic E-state index is 13.3. The van der Waals surface area contributed by atoms with Gasteiger partial charge >= 0.3 is 6.03 Å². The fourth-order valence-corrected chi connectivity index (χ4v) is 4.32. The van der Waals surface area contributed by atoms with Crippen molar-refractivity contribution in [3.8, 4) is 0 Å². The molecule has 1 aliphatic heterocycles. The summed E-state index contributed by atoms with van der Waals surface area (Å²) in [5, 5.41) is 13.4. The molecule has 2 aromatic carbocycles. The van der Waals surface area contributed by atoms with Crippen molar-refractivity contribution in [2.75, 3.05) is 17.2 Å². The quantitative estimate of drug-likeness (QED) is 0.534. The molecule has 2 heterocycles. The molecule has 32 heavy (non-hydrogen) atoms. The molecule has 7 nitrogen and oxygen atoms in total. The minimum Gasteiger partial charge on any atom is -0.320 e. The lowest BCUT2D eigenvalue weighted by atomic mass is 10.2. The van der Waals surface area contributed by atoms with Crippen molar-refractivity contribution in [2.45, 2.75) is 18.9 Å². The maximum atomic E-state index is 13.3. The first-order chi connectivity index (χ1) is 15.3. The zero-order chi connectivity index (χ0) is 22.8. The Kier molecular flexibility index (Phi) is 6.28. The molecule has 0 spiro atoms. The van der Waals surface area contributed by atoms with E-state index in [0.29, 0.717) is 23.7 Å². The van der Waals surface area contributed by atoms with Crippen molar-refractivity contribution < 1.29 is 22.8 Å². The van der Waals surface area contributed by atoms with Crippen LogP contribution in [0.25, 0.3) is 0 Å². The first kappa shape index (κ1) is 22.0. The van der Waals surface area contributed by atoms with Gasteiger partial charge in [0.05, 0.1) is 11.1 Å². The highest BCUT2D eigenvalue weighted by Gasteiger charge is 2.33. The number of likely N-dealkylation sites (tertiary alicyclic amines) is 1. The van der Waals surface area contributed by atoms with E-state index in [-0.39, 0.29) is 15.7 Å². The summed E-state index contributed by atoms with van der Waals surface area (Å²) in [6, 6.07) is 6.04. The van der Waals surface area contributed by atoms with E-state index in [4.69, 9.17) is 11.6 Å². The minimum absolute atomic E-state index is 0.0160. The summed E-state index contributed by atoms with van der Waals surface area (Å²) in [6.07, 6.45) is 1.34. The van der Waals surface area contributed by atoms with Crippen LogP contribution in [0.5, 0.6) is 0 Å². The summed E-state index contributed by atoms with van der Waals surface area (Å²) in [6.45, 7) is 0.460. The topological polar surface area (TPSA) is 87.2 Å². The van der Waals surface area contributed by atoms with Crippen molar-refractivity contribution in [3.05, 3.63) is 68.9 Å². The second kappa shape index (κ2) is 9.13. The number of carbonyl (C=O) groups is 2. The second-order valence-electron chi connectivity index (χ2n) is 6.94. The summed E-state index contributed by atoms with van der Waals surface area (Å²) in [5.74, 6) is -3.33. The van der Waals surface area contributed by atoms with Crippen LogP contribution in [0.3, 0.4) is 0 Å². The molecule has 2 N–H and O–H groups in total. The normalized spacial score (nSPS) is 15.6. The van der Waals surface area contributed by atoms with E-state index < -0.39 is 35.4 Å². The van der Waals surface area contributed by atoms with Gasteiger partial charge in [0.25, 0.3) is 5.91 Å². The van der Waals surface area contributed by atoms with Crippen LogP contribution in [0.2, 0.25) is 5.02 Å². The van der Waals surface area contributed by atoms with Crippen LogP contribution in [0.15, 0.2) is 36.4 Å². The van der Waals surface area contributed by atoms with Gasteiger partial charge in [-0.2, -0.15) is 0 Å². The van der Waals surface area contributed by atoms with Gasteiger partial charge in [-0.25, -0.2) is 18.0 Å². The molecule has 1 fully saturated rings. The maximum Gasteiger partial charge on any atom is 0.322 e. The van der Waals surface area contributed by atoms with E-state index in [2.05, 4.69) is 20.8 Å². The Morgan fingerprint density at radius 1 is 1.00 bits per heavy atom. The molecule has 0 bridgehead atoms. The standard InChI is InChI=1S/C20H15ClF3N5O2S/c21-12-8-10(3-5-13(12)22)26-20(31)29-7-1-2-16(29)18-27-28-19(32-18)17(30)25-11-4-6-14(23)15(24)9-11/h3-6,8-9,16H,1-2,7H2,(H,25,30)(H,26,31)/t16-/m0/s1. The van der Waals surface area contributed by atoms with Crippen LogP contribution >= 0.6 is 22.9 Å². The molecule has 3 amide bonds. The Morgan fingerprint density at radius 3 is 2.44 bits per heavy atom. The highest BCUT2D eigenvalue weighted by Crippen LogP contribution is 2.34. The molecule has 3 aromatic rings. The Bertz CT molecular complexity index is 1190. The molecule has 1 saturated heterocycles. The van der Waals surface area contributed by atoms with Crippen LogP contribution < -0.4 is 10.6 Å². The van der Waals surface area contributed by atoms with Gasteiger partial charge in [-0.05, 0) is 43.2 Å². The van der Waals surface area contributed by atoms with E-state index >= 15 is 0 Å². The number of rotatable bonds is 4. The molecule has 0 aliphatic carbocycles. The molecule has 1 atom stereocenters. The smallest absolute Gasteiger partial charge is 0.320 e. The summed E-state index contributed by atoms with van der Waals surface area (Å²) in [5.41, 5.74) is 0.418. The van der Waals surface area contributed by atoms with Crippen molar-refractivity contribution in [1.82, 2.24) is 15.1 Å². The molecular formula is C20H15ClF3N5O2S. The van der Waals surface area contributed by atoms with Gasteiger partial charge in [-0.1, -0.05) is 22.9 Å². The van der Waals surface area contributed by atoms with Gasteiger partial charge in [0, 0.05) is 24.0 Å². The van der Waals surface area contributed by atoms with Crippen LogP contribution in [0.1, 0.15) is 33.7 Å². The SMILES string of the molecule is O=C(Nc1ccc(F)c(F)c1)c1nnc([C@@H]2CCCN2C(=O)Nc2ccc(F)c(Cl)c2)s1. The molecule has 1 aliphatic rings. The lowest BCUT2D eigenvalue weighted by Crippen LogP contribution is -2.34. The number of nitrogens with one attached hydrogen (secondary N) is 2. The van der Waals surface area contributed by atoms with Crippen LogP contribution in [0.4, 0.5) is 29.3 Å². The largest absolute Gasteiger partial charge is 0.322 e. The zero-order valence-corrected chi connectivity index (χ0v) is 17.8. The highest BCUT2D eigenvalue weighted by atomic mass is 35.5. The molecule has 0 radical (unpaired) electrons. The first-order valence-electron chi connectivity index (χ1n) is 9.44. The molecule has 12 heteroatoms. The minimum atomic E-state index is -1.09. The van der Waals surface area contributed by atoms with E-state index in [0.717, 1.165) is 36.0 Å². The third kappa shape index (κ3) is 4.68. The van der Waals surface area contributed by atoms with Crippen LogP contribution in [-0.4, -0.2) is 33.6 Å². The number of aromatic nitrogens is 2. The first-order valence-corrected chi connectivity index (χ1v) is 10.6. The zero-order valence-electron chi connectivity index (χ0n) is 16.2. The van der Waals surface area contributed by atoms with E-state index in [1.165, 1.54) is 18.2 Å². The van der Waals surface area contributed by atoms with Gasteiger partial charge in [0.2, 0.25) is 5.01 Å². The fourth-order valence-electron chi connectivity index (χ4n) is 3.26.